The van der Waals surface area contributed by atoms with Crippen molar-refractivity contribution in [3.63, 3.8) is 0 Å². The lowest BCUT2D eigenvalue weighted by molar-refractivity contribution is 0.0000115. The van der Waals surface area contributed by atoms with Gasteiger partial charge < -0.3 is 14.2 Å². The van der Waals surface area contributed by atoms with Gasteiger partial charge in [-0.15, -0.1) is 0 Å². The number of ether oxygens (including phenoxy) is 3. The minimum absolute atomic E-state index is 0.306. The highest BCUT2D eigenvalue weighted by molar-refractivity contribution is 5.00. The van der Waals surface area contributed by atoms with E-state index in [9.17, 15) is 5.26 Å². The lowest BCUT2D eigenvalue weighted by Gasteiger charge is -2.30. The molecule has 16 heavy (non-hydrogen) atoms. The number of nitrogens with zero attached hydrogens (tertiary/aromatic N) is 1. The zero-order valence-corrected chi connectivity index (χ0v) is 10.0. The van der Waals surface area contributed by atoms with E-state index in [-0.39, 0.29) is 5.41 Å². The summed E-state index contributed by atoms with van der Waals surface area (Å²) < 4.78 is 15.8. The number of rotatable bonds is 7. The van der Waals surface area contributed by atoms with Gasteiger partial charge in [-0.05, 0) is 25.7 Å². The summed E-state index contributed by atoms with van der Waals surface area (Å²) in [5.41, 5.74) is -0.306. The molecule has 0 spiro atoms. The van der Waals surface area contributed by atoms with Crippen molar-refractivity contribution in [2.75, 3.05) is 40.1 Å². The van der Waals surface area contributed by atoms with Gasteiger partial charge in [0.15, 0.2) is 0 Å². The van der Waals surface area contributed by atoms with Crippen LogP contribution < -0.4 is 0 Å². The van der Waals surface area contributed by atoms with Crippen molar-refractivity contribution in [3.05, 3.63) is 0 Å². The molecule has 1 aliphatic heterocycles. The van der Waals surface area contributed by atoms with Crippen molar-refractivity contribution < 1.29 is 14.2 Å². The van der Waals surface area contributed by atoms with E-state index in [1.807, 2.05) is 0 Å². The molecule has 1 unspecified atom stereocenters. The highest BCUT2D eigenvalue weighted by Gasteiger charge is 2.32. The predicted molar refractivity (Wildman–Crippen MR) is 60.0 cm³/mol. The fourth-order valence-electron chi connectivity index (χ4n) is 1.87. The topological polar surface area (TPSA) is 51.5 Å². The van der Waals surface area contributed by atoms with Gasteiger partial charge in [0.1, 0.15) is 0 Å². The molecule has 1 saturated heterocycles. The number of nitriles is 1. The van der Waals surface area contributed by atoms with Crippen molar-refractivity contribution in [3.8, 4) is 6.07 Å². The monoisotopic (exact) mass is 227 g/mol. The van der Waals surface area contributed by atoms with E-state index >= 15 is 0 Å². The summed E-state index contributed by atoms with van der Waals surface area (Å²) in [6.45, 7) is 3.42. The number of methoxy groups -OCH3 is 1. The zero-order chi connectivity index (χ0) is 11.7. The second kappa shape index (κ2) is 7.61. The third kappa shape index (κ3) is 4.48. The van der Waals surface area contributed by atoms with Crippen LogP contribution in [0.2, 0.25) is 0 Å². The first-order valence-electron chi connectivity index (χ1n) is 5.89. The first kappa shape index (κ1) is 13.4. The maximum atomic E-state index is 9.18. The molecule has 0 aromatic heterocycles. The Balaban J connectivity index is 2.12. The lowest BCUT2D eigenvalue weighted by Crippen LogP contribution is -2.31. The van der Waals surface area contributed by atoms with Crippen LogP contribution in [0, 0.1) is 16.7 Å². The standard InChI is InChI=1S/C12H21NO3/c1-14-6-3-8-15-9-5-12(10-13)4-2-7-16-11-12/h2-9,11H2,1H3. The molecule has 0 aliphatic carbocycles. The molecule has 1 rings (SSSR count). The summed E-state index contributed by atoms with van der Waals surface area (Å²) in [6, 6.07) is 2.39. The minimum atomic E-state index is -0.306. The molecular formula is C12H21NO3. The van der Waals surface area contributed by atoms with Crippen LogP contribution in [0.4, 0.5) is 0 Å². The molecule has 0 aromatic carbocycles. The largest absolute Gasteiger partial charge is 0.385 e. The number of hydrogen-bond acceptors (Lipinski definition) is 4. The van der Waals surface area contributed by atoms with Crippen LogP contribution in [0.1, 0.15) is 25.7 Å². The van der Waals surface area contributed by atoms with E-state index in [1.54, 1.807) is 7.11 Å². The van der Waals surface area contributed by atoms with Crippen LogP contribution in [0.15, 0.2) is 0 Å². The van der Waals surface area contributed by atoms with Gasteiger partial charge in [0.2, 0.25) is 0 Å². The van der Waals surface area contributed by atoms with Crippen molar-refractivity contribution in [1.29, 1.82) is 5.26 Å². The van der Waals surface area contributed by atoms with Gasteiger partial charge in [-0.2, -0.15) is 5.26 Å². The van der Waals surface area contributed by atoms with Gasteiger partial charge in [0.25, 0.3) is 0 Å². The highest BCUT2D eigenvalue weighted by atomic mass is 16.5. The molecule has 0 amide bonds. The molecule has 1 atom stereocenters. The summed E-state index contributed by atoms with van der Waals surface area (Å²) in [5.74, 6) is 0. The summed E-state index contributed by atoms with van der Waals surface area (Å²) in [7, 11) is 1.68. The molecule has 0 N–H and O–H groups in total. The SMILES string of the molecule is COCCCOCCC1(C#N)CCCOC1. The van der Waals surface area contributed by atoms with Gasteiger partial charge in [0, 0.05) is 33.5 Å². The molecule has 1 fully saturated rings. The smallest absolute Gasteiger partial charge is 0.0829 e. The van der Waals surface area contributed by atoms with E-state index < -0.39 is 0 Å². The third-order valence-corrected chi connectivity index (χ3v) is 2.92. The van der Waals surface area contributed by atoms with E-state index in [2.05, 4.69) is 6.07 Å². The Labute approximate surface area is 97.5 Å². The van der Waals surface area contributed by atoms with Crippen molar-refractivity contribution >= 4 is 0 Å². The Hall–Kier alpha value is -0.630. The van der Waals surface area contributed by atoms with Crippen LogP contribution >= 0.6 is 0 Å². The first-order chi connectivity index (χ1) is 7.83. The van der Waals surface area contributed by atoms with Gasteiger partial charge in [-0.25, -0.2) is 0 Å². The summed E-state index contributed by atoms with van der Waals surface area (Å²) in [6.07, 6.45) is 3.60. The average Bonchev–Trinajstić information content (AvgIpc) is 2.35. The van der Waals surface area contributed by atoms with Gasteiger partial charge in [0.05, 0.1) is 18.1 Å². The molecule has 92 valence electrons. The number of hydrogen-bond donors (Lipinski definition) is 0. The lowest BCUT2D eigenvalue weighted by atomic mass is 9.81. The molecule has 4 heteroatoms. The molecule has 0 bridgehead atoms. The minimum Gasteiger partial charge on any atom is -0.385 e. The van der Waals surface area contributed by atoms with Crippen LogP contribution in [-0.2, 0) is 14.2 Å². The second-order valence-corrected chi connectivity index (χ2v) is 4.26. The summed E-state index contributed by atoms with van der Waals surface area (Å²) in [4.78, 5) is 0. The summed E-state index contributed by atoms with van der Waals surface area (Å²) >= 11 is 0. The van der Waals surface area contributed by atoms with Crippen LogP contribution in [-0.4, -0.2) is 40.1 Å². The quantitative estimate of drug-likeness (QED) is 0.622. The van der Waals surface area contributed by atoms with E-state index in [0.717, 1.165) is 38.9 Å². The van der Waals surface area contributed by atoms with Crippen molar-refractivity contribution in [2.45, 2.75) is 25.7 Å². The maximum absolute atomic E-state index is 9.18. The average molecular weight is 227 g/mol. The Morgan fingerprint density at radius 3 is 2.88 bits per heavy atom. The third-order valence-electron chi connectivity index (χ3n) is 2.92. The fourth-order valence-corrected chi connectivity index (χ4v) is 1.87. The Morgan fingerprint density at radius 1 is 1.38 bits per heavy atom. The van der Waals surface area contributed by atoms with Crippen LogP contribution in [0.5, 0.6) is 0 Å². The highest BCUT2D eigenvalue weighted by Crippen LogP contribution is 2.31. The zero-order valence-electron chi connectivity index (χ0n) is 10.0. The van der Waals surface area contributed by atoms with Crippen LogP contribution in [0.25, 0.3) is 0 Å². The van der Waals surface area contributed by atoms with Crippen molar-refractivity contribution in [2.24, 2.45) is 5.41 Å². The maximum Gasteiger partial charge on any atom is 0.0829 e. The Morgan fingerprint density at radius 2 is 2.25 bits per heavy atom. The van der Waals surface area contributed by atoms with Crippen molar-refractivity contribution in [1.82, 2.24) is 0 Å². The molecule has 1 aliphatic rings. The molecule has 0 radical (unpaired) electrons. The van der Waals surface area contributed by atoms with Gasteiger partial charge in [-0.1, -0.05) is 0 Å². The molecule has 4 nitrogen and oxygen atoms in total. The predicted octanol–water partition coefficient (Wildman–Crippen LogP) is 1.75. The fraction of sp³-hybridized carbons (Fsp3) is 0.917. The molecule has 0 aromatic rings. The first-order valence-corrected chi connectivity index (χ1v) is 5.89. The van der Waals surface area contributed by atoms with E-state index in [4.69, 9.17) is 14.2 Å². The Kier molecular flexibility index (Phi) is 6.39. The Bertz CT molecular complexity index is 219. The molecule has 1 heterocycles. The molecule has 0 saturated carbocycles. The normalized spacial score (nSPS) is 25.2. The van der Waals surface area contributed by atoms with E-state index in [1.165, 1.54) is 0 Å². The van der Waals surface area contributed by atoms with E-state index in [0.29, 0.717) is 19.8 Å². The van der Waals surface area contributed by atoms with Gasteiger partial charge in [-0.3, -0.25) is 0 Å². The second-order valence-electron chi connectivity index (χ2n) is 4.26. The van der Waals surface area contributed by atoms with Gasteiger partial charge >= 0.3 is 0 Å². The molecular weight excluding hydrogens is 206 g/mol. The summed E-state index contributed by atoms with van der Waals surface area (Å²) in [5, 5.41) is 9.18. The van der Waals surface area contributed by atoms with Crippen LogP contribution in [0.3, 0.4) is 0 Å².